The van der Waals surface area contributed by atoms with E-state index in [4.69, 9.17) is 34.8 Å². The van der Waals surface area contributed by atoms with Crippen molar-refractivity contribution in [2.45, 2.75) is 146 Å². The maximum Gasteiger partial charge on any atom is 0.417 e. The summed E-state index contributed by atoms with van der Waals surface area (Å²) in [4.78, 5) is 86.2. The third-order valence-corrected chi connectivity index (χ3v) is 20.6. The molecule has 9 aromatic rings. The van der Waals surface area contributed by atoms with Gasteiger partial charge in [0.15, 0.2) is 11.6 Å². The van der Waals surface area contributed by atoms with Gasteiger partial charge in [-0.05, 0) is 175 Å². The number of fused-ring (bicyclic) bond motifs is 6. The van der Waals surface area contributed by atoms with Gasteiger partial charge in [-0.2, -0.15) is 54.5 Å². The van der Waals surface area contributed by atoms with Crippen molar-refractivity contribution >= 4 is 52.5 Å². The molecule has 0 spiro atoms. The zero-order chi connectivity index (χ0) is 70.5. The van der Waals surface area contributed by atoms with Crippen molar-refractivity contribution in [3.63, 3.8) is 0 Å². The molecule has 8 aromatic heterocycles. The molecule has 15 rings (SSSR count). The lowest BCUT2D eigenvalue weighted by Crippen LogP contribution is -2.37. The molecule has 14 heterocycles. The summed E-state index contributed by atoms with van der Waals surface area (Å²) < 4.78 is 116. The normalized spacial score (nSPS) is 22.0. The predicted octanol–water partition coefficient (Wildman–Crippen LogP) is 14.9. The van der Waals surface area contributed by atoms with Gasteiger partial charge in [0.05, 0.1) is 83.6 Å². The zero-order valence-corrected chi connectivity index (χ0v) is 55.6. The lowest BCUT2D eigenvalue weighted by molar-refractivity contribution is -0.138. The van der Waals surface area contributed by atoms with Crippen LogP contribution in [0, 0.1) is 31.6 Å². The number of carbonyl (C=O) groups is 3. The number of aryl methyl sites for hydroxylation is 2. The van der Waals surface area contributed by atoms with Crippen molar-refractivity contribution < 1.29 is 53.9 Å². The third-order valence-electron chi connectivity index (χ3n) is 19.6. The maximum atomic E-state index is 13.7. The van der Waals surface area contributed by atoms with E-state index in [0.717, 1.165) is 100 Å². The van der Waals surface area contributed by atoms with E-state index in [1.54, 1.807) is 67.6 Å². The molecule has 100 heavy (non-hydrogen) atoms. The molecule has 6 aliphatic rings. The Kier molecular flexibility index (Phi) is 19.5. The summed E-state index contributed by atoms with van der Waals surface area (Å²) >= 11 is 18.4. The molecule has 6 fully saturated rings. The molecule has 6 saturated heterocycles. The molecule has 6 bridgehead atoms. The molecule has 18 nitrogen and oxygen atoms in total. The number of pyridine rings is 5. The first-order valence-corrected chi connectivity index (χ1v) is 33.5. The van der Waals surface area contributed by atoms with Crippen LogP contribution in [0.2, 0.25) is 15.1 Å². The monoisotopic (exact) mass is 1440 g/mol. The van der Waals surface area contributed by atoms with E-state index in [0.29, 0.717) is 87.5 Å². The number of benzene rings is 1. The second-order valence-electron chi connectivity index (χ2n) is 25.8. The summed E-state index contributed by atoms with van der Waals surface area (Å²) in [5, 5.41) is 8.30. The summed E-state index contributed by atoms with van der Waals surface area (Å²) in [6.07, 6.45) is 8.92. The fourth-order valence-corrected chi connectivity index (χ4v) is 16.0. The van der Waals surface area contributed by atoms with E-state index in [-0.39, 0.29) is 86.8 Å². The predicted molar refractivity (Wildman–Crippen MR) is 348 cm³/mol. The Hall–Kier alpha value is -9.08. The first-order valence-electron chi connectivity index (χ1n) is 32.3. The van der Waals surface area contributed by atoms with Crippen LogP contribution in [0.15, 0.2) is 135 Å². The molecule has 6 aliphatic heterocycles. The number of para-hydroxylation sites is 1. The number of hydrogen-bond donors (Lipinski definition) is 0. The third kappa shape index (κ3) is 14.3. The molecule has 0 radical (unpaired) electrons. The van der Waals surface area contributed by atoms with E-state index in [1.165, 1.54) is 4.80 Å². The van der Waals surface area contributed by atoms with Gasteiger partial charge in [-0.1, -0.05) is 46.9 Å². The second kappa shape index (κ2) is 28.2. The maximum absolute atomic E-state index is 13.7. The average molecular weight is 1440 g/mol. The van der Waals surface area contributed by atoms with Crippen molar-refractivity contribution in [2.75, 3.05) is 0 Å². The number of rotatable bonds is 12. The molecule has 9 atom stereocenters. The number of hydrogen-bond acceptors (Lipinski definition) is 14. The topological polar surface area (TPSA) is 208 Å². The fourth-order valence-electron chi connectivity index (χ4n) is 15.2. The molecule has 3 amide bonds. The van der Waals surface area contributed by atoms with Gasteiger partial charge in [0, 0.05) is 91.5 Å². The number of nitrogens with zero attached hydrogens (tertiary/aromatic N) is 15. The van der Waals surface area contributed by atoms with Gasteiger partial charge in [0.1, 0.15) is 11.4 Å². The standard InChI is InChI=1S/2C24H21ClF3N5O.C22H19ClF3N5O/c1-13-3-5-17(22-29-7-2-8-30-22)21(32-13)23(34)33-16-4-6-20(33)14(9-16)10-19-18(25)11-15(12-31-19)24(26,27)28;1-13-7-17(22-29-5-2-6-30-22)21(32-11-13)23(34)33-16-3-4-20(33)14(8-16)9-19-18(25)10-15(12-31-19)24(26,27)28;23-17-11-14(22(24,25)26)12-27-18(17)10-13-9-15-5-6-19(13)30(15)21(32)16-3-1-2-4-20(16)31-28-7-8-29-31/h2-3,5,7-8,11-12,14,16,20H,4,6,9-10H2,1H3;2,5-7,10-12,14,16,20H,3-4,8-9H2,1H3;1-4,7-8,11-13,15,19H,5-6,9-10H2. The van der Waals surface area contributed by atoms with Gasteiger partial charge in [-0.15, -0.1) is 0 Å². The Balaban J connectivity index is 0.000000134. The molecule has 0 aliphatic carbocycles. The van der Waals surface area contributed by atoms with Crippen LogP contribution >= 0.6 is 34.8 Å². The summed E-state index contributed by atoms with van der Waals surface area (Å²) in [5.74, 6) is 0.649. The lowest BCUT2D eigenvalue weighted by atomic mass is 9.86. The molecular weight excluding hydrogens is 1380 g/mol. The Bertz CT molecular complexity index is 4520. The molecule has 1 aromatic carbocycles. The second-order valence-corrected chi connectivity index (χ2v) is 27.0. The Morgan fingerprint density at radius 1 is 0.450 bits per heavy atom. The molecular formula is C70H61Cl3F9N15O3. The first-order chi connectivity index (χ1) is 47.8. The van der Waals surface area contributed by atoms with Crippen LogP contribution in [0.25, 0.3) is 28.5 Å². The first kappa shape index (κ1) is 69.4. The van der Waals surface area contributed by atoms with E-state index < -0.39 is 35.2 Å². The van der Waals surface area contributed by atoms with Crippen LogP contribution in [-0.4, -0.2) is 129 Å². The summed E-state index contributed by atoms with van der Waals surface area (Å²) in [6.45, 7) is 3.72. The highest BCUT2D eigenvalue weighted by molar-refractivity contribution is 6.32. The van der Waals surface area contributed by atoms with Crippen LogP contribution in [0.5, 0.6) is 0 Å². The minimum absolute atomic E-state index is 0.000613. The Labute approximate surface area is 581 Å². The van der Waals surface area contributed by atoms with E-state index in [1.807, 2.05) is 58.9 Å². The quantitative estimate of drug-likeness (QED) is 0.104. The molecule has 0 N–H and O–H groups in total. The smallest absolute Gasteiger partial charge is 0.332 e. The van der Waals surface area contributed by atoms with Crippen LogP contribution in [0.4, 0.5) is 39.5 Å². The van der Waals surface area contributed by atoms with Gasteiger partial charge in [0.25, 0.3) is 17.7 Å². The zero-order valence-electron chi connectivity index (χ0n) is 53.4. The minimum atomic E-state index is -4.49. The summed E-state index contributed by atoms with van der Waals surface area (Å²) in [7, 11) is 0. The highest BCUT2D eigenvalue weighted by Gasteiger charge is 2.52. The SMILES string of the molecule is Cc1ccc(-c2ncccn2)c(C(=O)N2C3CCC2C(Cc2ncc(C(F)(F)F)cc2Cl)C3)n1.Cc1cnc(C(=O)N2C3CCC2C(Cc2ncc(C(F)(F)F)cc2Cl)C3)c(-c2ncccn2)c1.O=C(c1ccccc1-n1nccn1)N1C2CCC1C(Cc1ncc(C(F)(F)F)cc1Cl)C2. The van der Waals surface area contributed by atoms with Gasteiger partial charge in [-0.25, -0.2) is 24.9 Å². The highest BCUT2D eigenvalue weighted by atomic mass is 35.5. The molecule has 0 saturated carbocycles. The van der Waals surface area contributed by atoms with Crippen molar-refractivity contribution in [1.82, 2.24) is 74.5 Å². The average Bonchev–Trinajstić information content (AvgIpc) is 1.61. The summed E-state index contributed by atoms with van der Waals surface area (Å²) in [5.41, 5.74) is 3.20. The van der Waals surface area contributed by atoms with Gasteiger partial charge < -0.3 is 14.7 Å². The van der Waals surface area contributed by atoms with Crippen LogP contribution in [0.3, 0.4) is 0 Å². The molecule has 518 valence electrons. The Morgan fingerprint density at radius 2 is 0.860 bits per heavy atom. The number of amides is 3. The molecule has 30 heteroatoms. The minimum Gasteiger partial charge on any atom is -0.332 e. The van der Waals surface area contributed by atoms with E-state index >= 15 is 0 Å². The number of carbonyl (C=O) groups excluding carboxylic acids is 3. The number of halogens is 12. The van der Waals surface area contributed by atoms with E-state index in [9.17, 15) is 53.9 Å². The van der Waals surface area contributed by atoms with E-state index in [2.05, 4.69) is 55.1 Å². The van der Waals surface area contributed by atoms with Gasteiger partial charge in [0.2, 0.25) is 0 Å². The molecule has 9 unspecified atom stereocenters. The van der Waals surface area contributed by atoms with Gasteiger partial charge >= 0.3 is 18.5 Å². The summed E-state index contributed by atoms with van der Waals surface area (Å²) in [6, 6.07) is 18.9. The van der Waals surface area contributed by atoms with Crippen molar-refractivity contribution in [3.8, 4) is 28.5 Å². The largest absolute Gasteiger partial charge is 0.417 e. The van der Waals surface area contributed by atoms with Crippen molar-refractivity contribution in [3.05, 3.63) is 212 Å². The fraction of sp³-hybridized carbons (Fsp3) is 0.371. The van der Waals surface area contributed by atoms with Crippen molar-refractivity contribution in [2.24, 2.45) is 17.8 Å². The number of alkyl halides is 9. The van der Waals surface area contributed by atoms with Crippen LogP contribution in [-0.2, 0) is 37.8 Å². The van der Waals surface area contributed by atoms with Crippen LogP contribution < -0.4 is 0 Å². The lowest BCUT2D eigenvalue weighted by Gasteiger charge is -2.25. The Morgan fingerprint density at radius 3 is 1.29 bits per heavy atom. The van der Waals surface area contributed by atoms with Crippen molar-refractivity contribution in [1.29, 1.82) is 0 Å². The highest BCUT2D eigenvalue weighted by Crippen LogP contribution is 2.48. The van der Waals surface area contributed by atoms with Gasteiger partial charge in [-0.3, -0.25) is 34.3 Å². The van der Waals surface area contributed by atoms with Crippen LogP contribution in [0.1, 0.15) is 134 Å². The number of aromatic nitrogens is 12.